The monoisotopic (exact) mass is 236 g/mol. The van der Waals surface area contributed by atoms with E-state index in [2.05, 4.69) is 5.16 Å². The average molecular weight is 236 g/mol. The molecule has 0 spiro atoms. The van der Waals surface area contributed by atoms with Crippen molar-refractivity contribution in [3.05, 3.63) is 17.5 Å². The summed E-state index contributed by atoms with van der Waals surface area (Å²) in [7, 11) is 0. The van der Waals surface area contributed by atoms with E-state index in [1.54, 1.807) is 13.0 Å². The number of nitrogens with one attached hydrogen (secondary N) is 1. The van der Waals surface area contributed by atoms with Gasteiger partial charge in [-0.1, -0.05) is 5.16 Å². The molecule has 6 heteroatoms. The van der Waals surface area contributed by atoms with Gasteiger partial charge in [0.15, 0.2) is 0 Å². The van der Waals surface area contributed by atoms with E-state index in [9.17, 15) is 4.79 Å². The lowest BCUT2D eigenvalue weighted by Gasteiger charge is -2.31. The molecule has 1 aliphatic heterocycles. The van der Waals surface area contributed by atoms with Gasteiger partial charge in [0, 0.05) is 25.1 Å². The second kappa shape index (κ2) is 4.57. The van der Waals surface area contributed by atoms with Crippen LogP contribution in [-0.2, 0) is 0 Å². The third-order valence-electron chi connectivity index (χ3n) is 3.16. The number of aromatic nitrogens is 1. The van der Waals surface area contributed by atoms with Crippen molar-refractivity contribution >= 4 is 11.7 Å². The van der Waals surface area contributed by atoms with Crippen molar-refractivity contribution in [1.82, 2.24) is 10.1 Å². The van der Waals surface area contributed by atoms with Crippen LogP contribution in [0.25, 0.3) is 0 Å². The maximum Gasteiger partial charge on any atom is 0.287 e. The number of amidine groups is 1. The van der Waals surface area contributed by atoms with Gasteiger partial charge in [-0.2, -0.15) is 0 Å². The van der Waals surface area contributed by atoms with Crippen molar-refractivity contribution in [2.75, 3.05) is 13.1 Å². The Balaban J connectivity index is 2.00. The molecule has 3 N–H and O–H groups in total. The van der Waals surface area contributed by atoms with Crippen molar-refractivity contribution in [1.29, 1.82) is 5.41 Å². The number of piperidine rings is 1. The molecule has 1 saturated heterocycles. The normalized spacial score (nSPS) is 17.1. The van der Waals surface area contributed by atoms with Crippen LogP contribution < -0.4 is 5.73 Å². The number of primary amides is 1. The Hall–Kier alpha value is -1.85. The molecule has 2 heterocycles. The van der Waals surface area contributed by atoms with Crippen LogP contribution in [0.5, 0.6) is 0 Å². The Labute approximate surface area is 99.3 Å². The zero-order valence-electron chi connectivity index (χ0n) is 9.77. The van der Waals surface area contributed by atoms with Crippen molar-refractivity contribution in [2.24, 2.45) is 5.73 Å². The number of likely N-dealkylation sites (tertiary alicyclic amines) is 1. The van der Waals surface area contributed by atoms with Crippen molar-refractivity contribution in [3.8, 4) is 0 Å². The average Bonchev–Trinajstić information content (AvgIpc) is 2.78. The molecule has 1 aromatic rings. The number of rotatable bonds is 2. The Morgan fingerprint density at radius 3 is 2.71 bits per heavy atom. The molecule has 0 bridgehead atoms. The van der Waals surface area contributed by atoms with E-state index >= 15 is 0 Å². The third-order valence-corrected chi connectivity index (χ3v) is 3.16. The highest BCUT2D eigenvalue weighted by atomic mass is 16.5. The fourth-order valence-electron chi connectivity index (χ4n) is 2.11. The molecule has 1 aromatic heterocycles. The van der Waals surface area contributed by atoms with Crippen molar-refractivity contribution < 1.29 is 9.32 Å². The summed E-state index contributed by atoms with van der Waals surface area (Å²) in [4.78, 5) is 12.9. The van der Waals surface area contributed by atoms with Crippen LogP contribution in [0.3, 0.4) is 0 Å². The second-order valence-corrected chi connectivity index (χ2v) is 4.33. The fraction of sp³-hybridized carbons (Fsp3) is 0.545. The smallest absolute Gasteiger partial charge is 0.287 e. The lowest BCUT2D eigenvalue weighted by molar-refractivity contribution is 0.0965. The first-order chi connectivity index (χ1) is 8.08. The van der Waals surface area contributed by atoms with Gasteiger partial charge < -0.3 is 15.2 Å². The highest BCUT2D eigenvalue weighted by Crippen LogP contribution is 2.27. The Bertz CT molecular complexity index is 432. The highest BCUT2D eigenvalue weighted by Gasteiger charge is 2.24. The summed E-state index contributed by atoms with van der Waals surface area (Å²) in [5, 5.41) is 11.4. The van der Waals surface area contributed by atoms with E-state index in [0.29, 0.717) is 11.8 Å². The Morgan fingerprint density at radius 2 is 2.24 bits per heavy atom. The Kier molecular flexibility index (Phi) is 3.12. The van der Waals surface area contributed by atoms with E-state index in [1.807, 2.05) is 4.90 Å². The minimum atomic E-state index is -0.587. The topological polar surface area (TPSA) is 96.2 Å². The van der Waals surface area contributed by atoms with Gasteiger partial charge in [0.1, 0.15) is 0 Å². The minimum absolute atomic E-state index is 0.116. The summed E-state index contributed by atoms with van der Waals surface area (Å²) in [6.45, 7) is 3.49. The second-order valence-electron chi connectivity index (χ2n) is 4.33. The van der Waals surface area contributed by atoms with Crippen LogP contribution in [0.1, 0.15) is 41.9 Å². The molecule has 0 saturated carbocycles. The number of amides is 1. The molecule has 0 aliphatic carbocycles. The van der Waals surface area contributed by atoms with Gasteiger partial charge in [0.05, 0.1) is 11.5 Å². The number of carbonyl (C=O) groups excluding carboxylic acids is 1. The quantitative estimate of drug-likeness (QED) is 0.590. The lowest BCUT2D eigenvalue weighted by atomic mass is 9.93. The molecule has 1 amide bonds. The first kappa shape index (κ1) is 11.6. The molecule has 6 nitrogen and oxygen atoms in total. The molecule has 2 rings (SSSR count). The summed E-state index contributed by atoms with van der Waals surface area (Å²) in [5.74, 6) is 0.422. The number of hydrogen-bond acceptors (Lipinski definition) is 4. The Morgan fingerprint density at radius 1 is 1.59 bits per heavy atom. The third kappa shape index (κ3) is 2.46. The van der Waals surface area contributed by atoms with E-state index in [0.717, 1.165) is 31.6 Å². The van der Waals surface area contributed by atoms with Crippen molar-refractivity contribution in [2.45, 2.75) is 25.7 Å². The van der Waals surface area contributed by atoms with Gasteiger partial charge in [-0.15, -0.1) is 0 Å². The van der Waals surface area contributed by atoms with E-state index in [-0.39, 0.29) is 5.76 Å². The number of carbonyl (C=O) groups is 1. The van der Waals surface area contributed by atoms with Gasteiger partial charge in [0.25, 0.3) is 5.91 Å². The van der Waals surface area contributed by atoms with Crippen LogP contribution in [0, 0.1) is 5.41 Å². The minimum Gasteiger partial charge on any atom is -0.363 e. The van der Waals surface area contributed by atoms with Gasteiger partial charge in [-0.05, 0) is 19.8 Å². The highest BCUT2D eigenvalue weighted by molar-refractivity contribution is 5.89. The standard InChI is InChI=1S/C11H16N4O2/c1-7(12)15-4-2-8(3-5-15)9-6-10(11(13)16)17-14-9/h6,8,12H,2-5H2,1H3,(H2,13,16). The first-order valence-corrected chi connectivity index (χ1v) is 5.64. The maximum atomic E-state index is 10.9. The number of hydrogen-bond donors (Lipinski definition) is 2. The summed E-state index contributed by atoms with van der Waals surface area (Å²) >= 11 is 0. The molecule has 0 unspecified atom stereocenters. The van der Waals surface area contributed by atoms with Crippen LogP contribution in [0.2, 0.25) is 0 Å². The van der Waals surface area contributed by atoms with Crippen LogP contribution >= 0.6 is 0 Å². The summed E-state index contributed by atoms with van der Waals surface area (Å²) in [6, 6.07) is 1.62. The molecule has 92 valence electrons. The molecule has 0 atom stereocenters. The predicted octanol–water partition coefficient (Wildman–Crippen LogP) is 0.950. The summed E-state index contributed by atoms with van der Waals surface area (Å²) in [5.41, 5.74) is 5.90. The van der Waals surface area contributed by atoms with Gasteiger partial charge >= 0.3 is 0 Å². The zero-order chi connectivity index (χ0) is 12.4. The molecule has 1 aliphatic rings. The van der Waals surface area contributed by atoms with E-state index in [4.69, 9.17) is 15.7 Å². The molecule has 1 fully saturated rings. The van der Waals surface area contributed by atoms with Crippen LogP contribution in [-0.4, -0.2) is 34.9 Å². The fourth-order valence-corrected chi connectivity index (χ4v) is 2.11. The van der Waals surface area contributed by atoms with Gasteiger partial charge in [-0.3, -0.25) is 10.2 Å². The summed E-state index contributed by atoms with van der Waals surface area (Å²) < 4.78 is 4.87. The maximum absolute atomic E-state index is 10.9. The number of nitrogens with zero attached hydrogens (tertiary/aromatic N) is 2. The van der Waals surface area contributed by atoms with E-state index in [1.165, 1.54) is 0 Å². The van der Waals surface area contributed by atoms with Crippen molar-refractivity contribution in [3.63, 3.8) is 0 Å². The SMILES string of the molecule is CC(=N)N1CCC(c2cc(C(N)=O)on2)CC1. The molecule has 17 heavy (non-hydrogen) atoms. The molecular formula is C11H16N4O2. The van der Waals surface area contributed by atoms with E-state index < -0.39 is 5.91 Å². The van der Waals surface area contributed by atoms with Crippen LogP contribution in [0.15, 0.2) is 10.6 Å². The molecule has 0 radical (unpaired) electrons. The molecular weight excluding hydrogens is 220 g/mol. The summed E-state index contributed by atoms with van der Waals surface area (Å²) in [6.07, 6.45) is 1.84. The largest absolute Gasteiger partial charge is 0.363 e. The first-order valence-electron chi connectivity index (χ1n) is 5.64. The number of nitrogens with two attached hydrogens (primary N) is 1. The zero-order valence-corrected chi connectivity index (χ0v) is 9.77. The molecule has 0 aromatic carbocycles. The van der Waals surface area contributed by atoms with Crippen LogP contribution in [0.4, 0.5) is 0 Å². The van der Waals surface area contributed by atoms with Gasteiger partial charge in [-0.25, -0.2) is 0 Å². The predicted molar refractivity (Wildman–Crippen MR) is 62.0 cm³/mol. The lowest BCUT2D eigenvalue weighted by Crippen LogP contribution is -2.36. The van der Waals surface area contributed by atoms with Gasteiger partial charge in [0.2, 0.25) is 5.76 Å².